The van der Waals surface area contributed by atoms with Gasteiger partial charge in [0.05, 0.1) is 22.7 Å². The number of hydrogen-bond acceptors (Lipinski definition) is 6. The maximum absolute atomic E-state index is 4.69. The minimum absolute atomic E-state index is 0.0690. The van der Waals surface area contributed by atoms with Gasteiger partial charge in [-0.25, -0.2) is 0 Å². The minimum Gasteiger partial charge on any atom is -0.361 e. The molecule has 1 heterocycles. The Kier molecular flexibility index (Phi) is 16.6. The monoisotopic (exact) mass is 626 g/mol. The Morgan fingerprint density at radius 3 is 1.53 bits per heavy atom. The van der Waals surface area contributed by atoms with Crippen molar-refractivity contribution in [2.45, 2.75) is 61.6 Å². The molecule has 6 nitrogen and oxygen atoms in total. The zero-order valence-electron chi connectivity index (χ0n) is 29.3. The van der Waals surface area contributed by atoms with Crippen LogP contribution in [0.3, 0.4) is 0 Å². The van der Waals surface area contributed by atoms with Crippen LogP contribution in [0.5, 0.6) is 0 Å². The Hall–Kier alpha value is -5.36. The Morgan fingerprint density at radius 2 is 1.00 bits per heavy atom. The van der Waals surface area contributed by atoms with Crippen LogP contribution in [-0.2, 0) is 0 Å². The lowest BCUT2D eigenvalue weighted by molar-refractivity contribution is 0.930. The average Bonchev–Trinajstić information content (AvgIpc) is 3.16. The van der Waals surface area contributed by atoms with E-state index in [0.717, 1.165) is 55.7 Å². The van der Waals surface area contributed by atoms with Gasteiger partial charge in [-0.2, -0.15) is 5.11 Å². The molecule has 1 aliphatic rings. The highest BCUT2D eigenvalue weighted by atomic mass is 15.2. The molecule has 0 fully saturated rings. The quantitative estimate of drug-likeness (QED) is 0.112. The first-order valence-electron chi connectivity index (χ1n) is 16.5. The van der Waals surface area contributed by atoms with Crippen LogP contribution in [0.15, 0.2) is 154 Å². The summed E-state index contributed by atoms with van der Waals surface area (Å²) in [6.45, 7) is 22.9. The second kappa shape index (κ2) is 20.6. The molecule has 6 heteroatoms. The molecule has 5 aromatic rings. The van der Waals surface area contributed by atoms with Gasteiger partial charge in [-0.3, -0.25) is 0 Å². The maximum atomic E-state index is 4.69. The highest BCUT2D eigenvalue weighted by Crippen LogP contribution is 2.41. The highest BCUT2D eigenvalue weighted by molar-refractivity contribution is 6.09. The topological polar surface area (TPSA) is 73.5 Å². The van der Waals surface area contributed by atoms with Crippen molar-refractivity contribution in [3.63, 3.8) is 0 Å². The van der Waals surface area contributed by atoms with Gasteiger partial charge in [-0.1, -0.05) is 128 Å². The summed E-state index contributed by atoms with van der Waals surface area (Å²) in [4.78, 5) is 0. The molecule has 0 aromatic heterocycles. The molecule has 0 saturated heterocycles. The van der Waals surface area contributed by atoms with Gasteiger partial charge in [-0.15, -0.1) is 15.3 Å². The van der Waals surface area contributed by atoms with Gasteiger partial charge in [0.1, 0.15) is 6.17 Å². The summed E-state index contributed by atoms with van der Waals surface area (Å²) >= 11 is 0. The highest BCUT2D eigenvalue weighted by Gasteiger charge is 2.21. The van der Waals surface area contributed by atoms with Gasteiger partial charge in [-0.05, 0) is 61.9 Å². The Morgan fingerprint density at radius 1 is 0.553 bits per heavy atom. The number of nitrogens with one attached hydrogen (secondary N) is 2. The number of azo groups is 2. The van der Waals surface area contributed by atoms with E-state index in [4.69, 9.17) is 5.11 Å². The first kappa shape index (κ1) is 37.8. The minimum atomic E-state index is 0.0690. The second-order valence-electron chi connectivity index (χ2n) is 9.47. The van der Waals surface area contributed by atoms with Gasteiger partial charge in [0.2, 0.25) is 0 Å². The van der Waals surface area contributed by atoms with Crippen molar-refractivity contribution in [3.05, 3.63) is 134 Å². The van der Waals surface area contributed by atoms with Crippen LogP contribution < -0.4 is 10.6 Å². The van der Waals surface area contributed by atoms with Gasteiger partial charge in [0.25, 0.3) is 0 Å². The number of nitrogens with zero attached hydrogens (tertiary/aromatic N) is 4. The Balaban J connectivity index is 0.000000694. The summed E-state index contributed by atoms with van der Waals surface area (Å²) in [7, 11) is 0. The van der Waals surface area contributed by atoms with Crippen molar-refractivity contribution in [2.75, 3.05) is 10.6 Å². The average molecular weight is 627 g/mol. The first-order chi connectivity index (χ1) is 23.1. The summed E-state index contributed by atoms with van der Waals surface area (Å²) in [6.07, 6.45) is 5.47. The number of fused-ring (bicyclic) bond motifs is 1. The van der Waals surface area contributed by atoms with Crippen molar-refractivity contribution in [1.82, 2.24) is 0 Å². The van der Waals surface area contributed by atoms with Crippen molar-refractivity contribution in [2.24, 2.45) is 20.5 Å². The molecule has 0 saturated carbocycles. The summed E-state index contributed by atoms with van der Waals surface area (Å²) in [6, 6.07) is 32.1. The van der Waals surface area contributed by atoms with Gasteiger partial charge in [0.15, 0.2) is 0 Å². The number of benzene rings is 5. The van der Waals surface area contributed by atoms with E-state index in [0.29, 0.717) is 0 Å². The third kappa shape index (κ3) is 9.81. The molecule has 0 radical (unpaired) electrons. The van der Waals surface area contributed by atoms with Gasteiger partial charge >= 0.3 is 0 Å². The zero-order valence-corrected chi connectivity index (χ0v) is 29.3. The molecule has 244 valence electrons. The first-order valence-corrected chi connectivity index (χ1v) is 16.5. The fourth-order valence-corrected chi connectivity index (χ4v) is 4.62. The third-order valence-corrected chi connectivity index (χ3v) is 6.87. The molecule has 1 unspecified atom stereocenters. The fraction of sp³-hybridized carbons (Fsp3) is 0.220. The van der Waals surface area contributed by atoms with Crippen LogP contribution in [0.25, 0.3) is 21.5 Å². The lowest BCUT2D eigenvalue weighted by Gasteiger charge is -2.30. The van der Waals surface area contributed by atoms with Gasteiger partial charge in [0, 0.05) is 32.9 Å². The standard InChI is InChI=1S/C31H26N6.C4H6.3C2H6/c1-3-20(2)31-32-28-15-9-14-24-27(18-19-29(33-31)30(24)28)37-36-26-17-16-25(22-12-7-8-13-23(22)26)35-34-21-10-5-4-6-11-21;1-3-4-2;3*1-2/h3-19,31-33H,1-2H3;3-4H,1-2H2;3*1-2H3/b20-3+,35-34?,37-36?;;;;. The molecular formula is C41H50N6. The van der Waals surface area contributed by atoms with Crippen LogP contribution in [0, 0.1) is 0 Å². The Bertz CT molecular complexity index is 1780. The van der Waals surface area contributed by atoms with E-state index < -0.39 is 0 Å². The SMILES string of the molecule is C/C=C(\C)C1Nc2cccc3c(N=Nc4ccc(N=Nc5ccccc5)c5ccccc45)ccc(c23)N1.C=CC=C.CC.CC.CC. The van der Waals surface area contributed by atoms with Crippen LogP contribution in [0.2, 0.25) is 0 Å². The molecule has 47 heavy (non-hydrogen) atoms. The second-order valence-corrected chi connectivity index (χ2v) is 9.47. The van der Waals surface area contributed by atoms with E-state index >= 15 is 0 Å². The summed E-state index contributed by atoms with van der Waals surface area (Å²) < 4.78 is 0. The molecule has 1 atom stereocenters. The summed E-state index contributed by atoms with van der Waals surface area (Å²) in [5.74, 6) is 0. The summed E-state index contributed by atoms with van der Waals surface area (Å²) in [5, 5.41) is 29.6. The normalized spacial score (nSPS) is 12.9. The third-order valence-electron chi connectivity index (χ3n) is 6.87. The fourth-order valence-electron chi connectivity index (χ4n) is 4.62. The van der Waals surface area contributed by atoms with Crippen LogP contribution in [0.4, 0.5) is 34.1 Å². The van der Waals surface area contributed by atoms with Crippen molar-refractivity contribution < 1.29 is 0 Å². The van der Waals surface area contributed by atoms with Crippen molar-refractivity contribution >= 4 is 55.7 Å². The Labute approximate surface area is 281 Å². The number of anilines is 2. The molecule has 0 spiro atoms. The van der Waals surface area contributed by atoms with E-state index in [9.17, 15) is 0 Å². The molecule has 0 amide bonds. The van der Waals surface area contributed by atoms with E-state index in [1.54, 1.807) is 12.2 Å². The number of hydrogen-bond donors (Lipinski definition) is 2. The zero-order chi connectivity index (χ0) is 34.6. The van der Waals surface area contributed by atoms with E-state index in [1.165, 1.54) is 5.57 Å². The van der Waals surface area contributed by atoms with E-state index in [1.807, 2.05) is 114 Å². The van der Waals surface area contributed by atoms with E-state index in [2.05, 4.69) is 83.3 Å². The molecular weight excluding hydrogens is 576 g/mol. The molecule has 0 bridgehead atoms. The van der Waals surface area contributed by atoms with Crippen LogP contribution >= 0.6 is 0 Å². The molecule has 2 N–H and O–H groups in total. The van der Waals surface area contributed by atoms with Crippen LogP contribution in [-0.4, -0.2) is 6.17 Å². The molecule has 1 aliphatic heterocycles. The lowest BCUT2D eigenvalue weighted by Crippen LogP contribution is -2.32. The van der Waals surface area contributed by atoms with E-state index in [-0.39, 0.29) is 6.17 Å². The predicted molar refractivity (Wildman–Crippen MR) is 208 cm³/mol. The summed E-state index contributed by atoms with van der Waals surface area (Å²) in [5.41, 5.74) is 6.64. The van der Waals surface area contributed by atoms with Crippen molar-refractivity contribution in [1.29, 1.82) is 0 Å². The lowest BCUT2D eigenvalue weighted by atomic mass is 10.0. The predicted octanol–water partition coefficient (Wildman–Crippen LogP) is 14.4. The smallest absolute Gasteiger partial charge is 0.119 e. The maximum Gasteiger partial charge on any atom is 0.119 e. The largest absolute Gasteiger partial charge is 0.361 e. The van der Waals surface area contributed by atoms with Crippen LogP contribution in [0.1, 0.15) is 55.4 Å². The van der Waals surface area contributed by atoms with Crippen molar-refractivity contribution in [3.8, 4) is 0 Å². The number of allylic oxidation sites excluding steroid dienone is 3. The molecule has 0 aliphatic carbocycles. The molecule has 6 rings (SSSR count). The molecule has 5 aromatic carbocycles. The van der Waals surface area contributed by atoms with Gasteiger partial charge < -0.3 is 10.6 Å². The number of rotatable bonds is 6.